The Morgan fingerprint density at radius 3 is 2.68 bits per heavy atom. The van der Waals surface area contributed by atoms with Gasteiger partial charge in [-0.05, 0) is 56.0 Å². The Kier molecular flexibility index (Phi) is 2.73. The van der Waals surface area contributed by atoms with E-state index in [-0.39, 0.29) is 0 Å². The summed E-state index contributed by atoms with van der Waals surface area (Å²) in [5.74, 6) is 2.74. The fourth-order valence-corrected chi connectivity index (χ4v) is 5.33. The summed E-state index contributed by atoms with van der Waals surface area (Å²) in [6, 6.07) is 11.2. The molecule has 0 N–H and O–H groups in total. The topological polar surface area (TPSA) is 3.24 Å². The van der Waals surface area contributed by atoms with Crippen molar-refractivity contribution in [1.82, 2.24) is 4.90 Å². The lowest BCUT2D eigenvalue weighted by Crippen LogP contribution is -2.46. The molecule has 4 rings (SSSR count). The van der Waals surface area contributed by atoms with Crippen molar-refractivity contribution in [2.45, 2.75) is 57.5 Å². The summed E-state index contributed by atoms with van der Waals surface area (Å²) in [6.45, 7) is 5.99. The lowest BCUT2D eigenvalue weighted by molar-refractivity contribution is 0.0925. The number of aryl methyl sites for hydroxylation is 1. The van der Waals surface area contributed by atoms with Gasteiger partial charge in [-0.25, -0.2) is 0 Å². The molecule has 6 atom stereocenters. The fraction of sp³-hybridized carbons (Fsp3) is 0.667. The first-order chi connectivity index (χ1) is 9.28. The zero-order chi connectivity index (χ0) is 13.0. The molecule has 1 aromatic carbocycles. The number of hydrogen-bond donors (Lipinski definition) is 0. The molecular weight excluding hydrogens is 230 g/mol. The second kappa shape index (κ2) is 4.34. The minimum Gasteiger partial charge on any atom is -0.297 e. The Morgan fingerprint density at radius 2 is 1.95 bits per heavy atom. The van der Waals surface area contributed by atoms with E-state index in [1.165, 1.54) is 37.8 Å². The molecule has 6 unspecified atom stereocenters. The van der Waals surface area contributed by atoms with Crippen LogP contribution in [0.2, 0.25) is 0 Å². The van der Waals surface area contributed by atoms with Crippen LogP contribution in [0.4, 0.5) is 0 Å². The predicted octanol–water partition coefficient (Wildman–Crippen LogP) is 3.97. The van der Waals surface area contributed by atoms with E-state index in [9.17, 15) is 0 Å². The second-order valence-electron chi connectivity index (χ2n) is 6.99. The third kappa shape index (κ3) is 1.71. The van der Waals surface area contributed by atoms with Crippen LogP contribution in [0.3, 0.4) is 0 Å². The van der Waals surface area contributed by atoms with E-state index in [0.29, 0.717) is 0 Å². The standard InChI is InChI=1S/C18H25N/c1-3-16-17(13-6-4-12(2)5-7-13)11-15-10-14-8-9-19(15)18(14)16/h4-7,14-18H,3,8-11H2,1-2H3. The maximum Gasteiger partial charge on any atom is 0.0161 e. The zero-order valence-corrected chi connectivity index (χ0v) is 12.2. The Labute approximate surface area is 117 Å². The van der Waals surface area contributed by atoms with Crippen molar-refractivity contribution in [2.75, 3.05) is 6.54 Å². The van der Waals surface area contributed by atoms with E-state index >= 15 is 0 Å². The van der Waals surface area contributed by atoms with E-state index in [4.69, 9.17) is 0 Å². The molecule has 1 heteroatoms. The van der Waals surface area contributed by atoms with Gasteiger partial charge in [-0.3, -0.25) is 4.90 Å². The third-order valence-corrected chi connectivity index (χ3v) is 6.13. The SMILES string of the molecule is CCC1C(c2ccc(C)cc2)CC2CC3CCN2C31. The maximum atomic E-state index is 2.86. The minimum atomic E-state index is 0.819. The van der Waals surface area contributed by atoms with E-state index in [1.54, 1.807) is 5.56 Å². The quantitative estimate of drug-likeness (QED) is 0.773. The van der Waals surface area contributed by atoms with Crippen molar-refractivity contribution < 1.29 is 0 Å². The molecule has 3 heterocycles. The van der Waals surface area contributed by atoms with Gasteiger partial charge in [0.25, 0.3) is 0 Å². The van der Waals surface area contributed by atoms with Crippen LogP contribution in [-0.2, 0) is 0 Å². The van der Waals surface area contributed by atoms with Gasteiger partial charge in [0.05, 0.1) is 0 Å². The van der Waals surface area contributed by atoms with Crippen molar-refractivity contribution in [3.05, 3.63) is 35.4 Å². The molecule has 3 aliphatic rings. The van der Waals surface area contributed by atoms with E-state index in [2.05, 4.69) is 43.0 Å². The Balaban J connectivity index is 1.67. The van der Waals surface area contributed by atoms with Gasteiger partial charge in [0.15, 0.2) is 0 Å². The number of piperidine rings is 2. The molecule has 0 amide bonds. The lowest BCUT2D eigenvalue weighted by atomic mass is 9.74. The van der Waals surface area contributed by atoms with Crippen LogP contribution in [0, 0.1) is 18.8 Å². The van der Waals surface area contributed by atoms with E-state index in [0.717, 1.165) is 29.8 Å². The van der Waals surface area contributed by atoms with Gasteiger partial charge < -0.3 is 0 Å². The van der Waals surface area contributed by atoms with Gasteiger partial charge >= 0.3 is 0 Å². The molecule has 1 nitrogen and oxygen atoms in total. The van der Waals surface area contributed by atoms with Gasteiger partial charge in [0, 0.05) is 12.1 Å². The zero-order valence-electron chi connectivity index (χ0n) is 12.2. The molecule has 0 aliphatic carbocycles. The van der Waals surface area contributed by atoms with Crippen molar-refractivity contribution in [1.29, 1.82) is 0 Å². The Morgan fingerprint density at radius 1 is 1.16 bits per heavy atom. The first-order valence-corrected chi connectivity index (χ1v) is 8.10. The summed E-state index contributed by atoms with van der Waals surface area (Å²) in [7, 11) is 0. The Hall–Kier alpha value is -0.820. The summed E-state index contributed by atoms with van der Waals surface area (Å²) >= 11 is 0. The predicted molar refractivity (Wildman–Crippen MR) is 79.3 cm³/mol. The van der Waals surface area contributed by atoms with Gasteiger partial charge in [-0.2, -0.15) is 0 Å². The fourth-order valence-electron chi connectivity index (χ4n) is 5.33. The number of hydrogen-bond acceptors (Lipinski definition) is 1. The molecule has 0 radical (unpaired) electrons. The highest BCUT2D eigenvalue weighted by molar-refractivity contribution is 5.28. The number of rotatable bonds is 2. The van der Waals surface area contributed by atoms with Crippen molar-refractivity contribution >= 4 is 0 Å². The van der Waals surface area contributed by atoms with Crippen LogP contribution < -0.4 is 0 Å². The highest BCUT2D eigenvalue weighted by Gasteiger charge is 2.54. The summed E-state index contributed by atoms with van der Waals surface area (Å²) in [5, 5.41) is 0. The minimum absolute atomic E-state index is 0.819. The molecule has 0 spiro atoms. The average molecular weight is 255 g/mol. The monoisotopic (exact) mass is 255 g/mol. The molecule has 102 valence electrons. The number of nitrogens with zero attached hydrogens (tertiary/aromatic N) is 1. The molecule has 3 fully saturated rings. The molecule has 4 bridgehead atoms. The van der Waals surface area contributed by atoms with Gasteiger partial charge in [-0.15, -0.1) is 0 Å². The van der Waals surface area contributed by atoms with Crippen LogP contribution in [-0.4, -0.2) is 23.5 Å². The molecule has 0 saturated carbocycles. The normalized spacial score (nSPS) is 43.7. The summed E-state index contributed by atoms with van der Waals surface area (Å²) in [5.41, 5.74) is 2.99. The molecule has 1 aromatic rings. The van der Waals surface area contributed by atoms with Crippen LogP contribution >= 0.6 is 0 Å². The van der Waals surface area contributed by atoms with Crippen LogP contribution in [0.5, 0.6) is 0 Å². The summed E-state index contributed by atoms with van der Waals surface area (Å²) < 4.78 is 0. The van der Waals surface area contributed by atoms with Crippen LogP contribution in [0.15, 0.2) is 24.3 Å². The number of benzene rings is 1. The van der Waals surface area contributed by atoms with Crippen LogP contribution in [0.25, 0.3) is 0 Å². The Bertz CT molecular complexity index is 463. The maximum absolute atomic E-state index is 2.86. The molecule has 19 heavy (non-hydrogen) atoms. The molecule has 3 aliphatic heterocycles. The lowest BCUT2D eigenvalue weighted by Gasteiger charge is -2.43. The van der Waals surface area contributed by atoms with Crippen LogP contribution in [0.1, 0.15) is 49.7 Å². The molecular formula is C18H25N. The van der Waals surface area contributed by atoms with Gasteiger partial charge in [0.2, 0.25) is 0 Å². The average Bonchev–Trinajstić information content (AvgIpc) is 2.94. The first-order valence-electron chi connectivity index (χ1n) is 8.10. The smallest absolute Gasteiger partial charge is 0.0161 e. The second-order valence-corrected chi connectivity index (χ2v) is 6.99. The first kappa shape index (κ1) is 12.0. The molecule has 0 aromatic heterocycles. The van der Waals surface area contributed by atoms with Crippen molar-refractivity contribution in [3.63, 3.8) is 0 Å². The molecule has 3 saturated heterocycles. The summed E-state index contributed by atoms with van der Waals surface area (Å²) in [6.07, 6.45) is 5.72. The van der Waals surface area contributed by atoms with Gasteiger partial charge in [-0.1, -0.05) is 43.2 Å². The third-order valence-electron chi connectivity index (χ3n) is 6.13. The largest absolute Gasteiger partial charge is 0.297 e. The summed E-state index contributed by atoms with van der Waals surface area (Å²) in [4.78, 5) is 2.86. The van der Waals surface area contributed by atoms with E-state index in [1.807, 2.05) is 0 Å². The van der Waals surface area contributed by atoms with E-state index < -0.39 is 0 Å². The highest BCUT2D eigenvalue weighted by atomic mass is 15.3. The van der Waals surface area contributed by atoms with Crippen molar-refractivity contribution in [3.8, 4) is 0 Å². The van der Waals surface area contributed by atoms with Gasteiger partial charge in [0.1, 0.15) is 0 Å². The van der Waals surface area contributed by atoms with Crippen molar-refractivity contribution in [2.24, 2.45) is 11.8 Å². The highest BCUT2D eigenvalue weighted by Crippen LogP contribution is 2.54.